The summed E-state index contributed by atoms with van der Waals surface area (Å²) in [6.45, 7) is 9.54. The third-order valence-corrected chi connectivity index (χ3v) is 7.40. The van der Waals surface area contributed by atoms with Crippen LogP contribution in [0.15, 0.2) is 29.2 Å². The van der Waals surface area contributed by atoms with Crippen molar-refractivity contribution in [3.8, 4) is 0 Å². The third kappa shape index (κ3) is 2.65. The van der Waals surface area contributed by atoms with Crippen molar-refractivity contribution in [2.24, 2.45) is 0 Å². The fraction of sp³-hybridized carbons (Fsp3) is 0.278. The molecule has 0 saturated heterocycles. The molecule has 0 aliphatic carbocycles. The average Bonchev–Trinajstić information content (AvgIpc) is 2.73. The molecule has 3 aromatic rings. The number of fused-ring (bicyclic) bond motifs is 1. The van der Waals surface area contributed by atoms with E-state index < -0.39 is 10.0 Å². The molecule has 3 rings (SSSR count). The average molecular weight is 454 g/mol. The molecular formula is C18H19IN2O2S. The van der Waals surface area contributed by atoms with Crippen LogP contribution in [0.3, 0.4) is 0 Å². The van der Waals surface area contributed by atoms with Crippen molar-refractivity contribution in [2.45, 2.75) is 39.5 Å². The van der Waals surface area contributed by atoms with Gasteiger partial charge in [0.15, 0.2) is 0 Å². The molecule has 2 aromatic heterocycles. The largest absolute Gasteiger partial charge is 0.269 e. The van der Waals surface area contributed by atoms with Gasteiger partial charge in [-0.1, -0.05) is 17.7 Å². The molecule has 0 fully saturated rings. The maximum atomic E-state index is 13.4. The van der Waals surface area contributed by atoms with Crippen molar-refractivity contribution >= 4 is 43.6 Å². The Hall–Kier alpha value is -1.41. The minimum atomic E-state index is -3.69. The van der Waals surface area contributed by atoms with Crippen molar-refractivity contribution in [2.75, 3.05) is 0 Å². The number of nitrogens with zero attached hydrogens (tertiary/aromatic N) is 2. The number of aromatic nitrogens is 2. The number of rotatable bonds is 2. The molecule has 6 heteroatoms. The fourth-order valence-electron chi connectivity index (χ4n) is 3.17. The zero-order chi connectivity index (χ0) is 17.8. The monoisotopic (exact) mass is 454 g/mol. The normalized spacial score (nSPS) is 12.1. The molecule has 1 aromatic carbocycles. The van der Waals surface area contributed by atoms with Gasteiger partial charge in [-0.2, -0.15) is 0 Å². The summed E-state index contributed by atoms with van der Waals surface area (Å²) in [7, 11) is -3.69. The van der Waals surface area contributed by atoms with Crippen LogP contribution in [0.1, 0.15) is 27.9 Å². The van der Waals surface area contributed by atoms with Crippen molar-refractivity contribution in [3.05, 3.63) is 55.9 Å². The summed E-state index contributed by atoms with van der Waals surface area (Å²) in [6.07, 6.45) is 0. The van der Waals surface area contributed by atoms with Crippen LogP contribution in [0.4, 0.5) is 0 Å². The van der Waals surface area contributed by atoms with Gasteiger partial charge in [0.25, 0.3) is 10.0 Å². The Balaban J connectivity index is 2.39. The van der Waals surface area contributed by atoms with Gasteiger partial charge < -0.3 is 0 Å². The molecule has 126 valence electrons. The molecule has 0 aliphatic rings. The first-order valence-electron chi connectivity index (χ1n) is 7.61. The summed E-state index contributed by atoms with van der Waals surface area (Å²) in [5.41, 5.74) is 5.81. The Bertz CT molecular complexity index is 1060. The van der Waals surface area contributed by atoms with E-state index in [-0.39, 0.29) is 0 Å². The van der Waals surface area contributed by atoms with Crippen LogP contribution in [0.25, 0.3) is 11.0 Å². The van der Waals surface area contributed by atoms with Gasteiger partial charge in [-0.25, -0.2) is 12.4 Å². The maximum absolute atomic E-state index is 13.4. The van der Waals surface area contributed by atoms with Crippen LogP contribution in [0.5, 0.6) is 0 Å². The minimum absolute atomic E-state index is 0.377. The molecule has 0 saturated carbocycles. The van der Waals surface area contributed by atoms with E-state index in [9.17, 15) is 8.42 Å². The zero-order valence-electron chi connectivity index (χ0n) is 14.3. The van der Waals surface area contributed by atoms with E-state index in [1.54, 1.807) is 0 Å². The molecular weight excluding hydrogens is 435 g/mol. The highest BCUT2D eigenvalue weighted by molar-refractivity contribution is 14.1. The summed E-state index contributed by atoms with van der Waals surface area (Å²) < 4.78 is 28.9. The Morgan fingerprint density at radius 2 is 1.50 bits per heavy atom. The van der Waals surface area contributed by atoms with E-state index in [2.05, 4.69) is 27.6 Å². The van der Waals surface area contributed by atoms with E-state index in [4.69, 9.17) is 0 Å². The maximum Gasteiger partial charge on any atom is 0.269 e. The van der Waals surface area contributed by atoms with E-state index >= 15 is 0 Å². The molecule has 4 nitrogen and oxygen atoms in total. The lowest BCUT2D eigenvalue weighted by atomic mass is 10.1. The molecule has 0 bridgehead atoms. The molecule has 24 heavy (non-hydrogen) atoms. The fourth-order valence-corrected chi connectivity index (χ4v) is 6.31. The minimum Gasteiger partial charge on any atom is -0.251 e. The first-order chi connectivity index (χ1) is 11.1. The number of hydrogen-bond donors (Lipinski definition) is 0. The van der Waals surface area contributed by atoms with E-state index in [0.717, 1.165) is 27.9 Å². The first kappa shape index (κ1) is 17.4. The van der Waals surface area contributed by atoms with Crippen molar-refractivity contribution in [1.82, 2.24) is 8.96 Å². The van der Waals surface area contributed by atoms with Crippen LogP contribution in [-0.2, 0) is 10.0 Å². The molecule has 0 N–H and O–H groups in total. The van der Waals surface area contributed by atoms with E-state index in [1.807, 2.05) is 58.9 Å². The van der Waals surface area contributed by atoms with E-state index in [0.29, 0.717) is 19.6 Å². The highest BCUT2D eigenvalue weighted by Gasteiger charge is 2.26. The number of hydrogen-bond acceptors (Lipinski definition) is 3. The third-order valence-electron chi connectivity index (χ3n) is 4.25. The van der Waals surface area contributed by atoms with Crippen LogP contribution < -0.4 is 0 Å². The topological polar surface area (TPSA) is 52.0 Å². The van der Waals surface area contributed by atoms with Crippen LogP contribution in [-0.4, -0.2) is 17.4 Å². The van der Waals surface area contributed by atoms with Crippen molar-refractivity contribution in [1.29, 1.82) is 0 Å². The second kappa shape index (κ2) is 5.84. The van der Waals surface area contributed by atoms with Crippen LogP contribution >= 0.6 is 22.6 Å². The van der Waals surface area contributed by atoms with Gasteiger partial charge in [-0.05, 0) is 86.0 Å². The predicted octanol–water partition coefficient (Wildman–Crippen LogP) is 4.42. The van der Waals surface area contributed by atoms with Crippen LogP contribution in [0.2, 0.25) is 0 Å². The smallest absolute Gasteiger partial charge is 0.251 e. The number of aryl methyl sites for hydroxylation is 5. The second-order valence-electron chi connectivity index (χ2n) is 6.26. The summed E-state index contributed by atoms with van der Waals surface area (Å²) in [5, 5.41) is 0. The standard InChI is InChI=1S/C18H19IN2O2S/c1-10-6-12(3)18(13(4)7-10)24(22,23)21-16-8-11(2)14(5)20-15(16)9-17(21)19/h6-9H,1-5H3. The summed E-state index contributed by atoms with van der Waals surface area (Å²) in [6, 6.07) is 7.53. The molecule has 0 atom stereocenters. The summed E-state index contributed by atoms with van der Waals surface area (Å²) >= 11 is 2.06. The number of halogens is 1. The molecule has 0 radical (unpaired) electrons. The van der Waals surface area contributed by atoms with Gasteiger partial charge in [0.05, 0.1) is 19.6 Å². The summed E-state index contributed by atoms with van der Waals surface area (Å²) in [5.74, 6) is 0. The predicted molar refractivity (Wildman–Crippen MR) is 105 cm³/mol. The quantitative estimate of drug-likeness (QED) is 0.539. The molecule has 2 heterocycles. The van der Waals surface area contributed by atoms with Gasteiger partial charge in [0.1, 0.15) is 0 Å². The molecule has 0 aliphatic heterocycles. The Morgan fingerprint density at radius 1 is 0.917 bits per heavy atom. The Kier molecular flexibility index (Phi) is 4.24. The molecule has 0 unspecified atom stereocenters. The summed E-state index contributed by atoms with van der Waals surface area (Å²) in [4.78, 5) is 4.91. The number of benzene rings is 1. The number of pyridine rings is 1. The van der Waals surface area contributed by atoms with Gasteiger partial charge in [0, 0.05) is 5.69 Å². The highest BCUT2D eigenvalue weighted by atomic mass is 127. The second-order valence-corrected chi connectivity index (χ2v) is 9.09. The Labute approximate surface area is 156 Å². The van der Waals surface area contributed by atoms with Gasteiger partial charge in [-0.3, -0.25) is 4.98 Å². The lowest BCUT2D eigenvalue weighted by Crippen LogP contribution is -2.17. The van der Waals surface area contributed by atoms with Crippen LogP contribution in [0, 0.1) is 38.3 Å². The van der Waals surface area contributed by atoms with Gasteiger partial charge >= 0.3 is 0 Å². The first-order valence-corrected chi connectivity index (χ1v) is 10.1. The molecule has 0 spiro atoms. The Morgan fingerprint density at radius 3 is 2.08 bits per heavy atom. The van der Waals surface area contributed by atoms with E-state index in [1.165, 1.54) is 3.97 Å². The lowest BCUT2D eigenvalue weighted by Gasteiger charge is -2.15. The van der Waals surface area contributed by atoms with Crippen molar-refractivity contribution < 1.29 is 8.42 Å². The molecule has 0 amide bonds. The lowest BCUT2D eigenvalue weighted by molar-refractivity contribution is 0.587. The van der Waals surface area contributed by atoms with Gasteiger partial charge in [-0.15, -0.1) is 0 Å². The zero-order valence-corrected chi connectivity index (χ0v) is 17.3. The van der Waals surface area contributed by atoms with Gasteiger partial charge in [0.2, 0.25) is 0 Å². The van der Waals surface area contributed by atoms with Crippen molar-refractivity contribution in [3.63, 3.8) is 0 Å². The SMILES string of the molecule is Cc1cc(C)c(S(=O)(=O)n2c(I)cc3nc(C)c(C)cc32)c(C)c1. The highest BCUT2D eigenvalue weighted by Crippen LogP contribution is 2.30.